The van der Waals surface area contributed by atoms with Gasteiger partial charge in [0, 0.05) is 5.70 Å². The summed E-state index contributed by atoms with van der Waals surface area (Å²) in [5, 5.41) is 3.63. The third-order valence-electron chi connectivity index (χ3n) is 5.08. The predicted molar refractivity (Wildman–Crippen MR) is 127 cm³/mol. The number of ether oxygens (including phenoxy) is 4. The van der Waals surface area contributed by atoms with Crippen LogP contribution in [0.25, 0.3) is 0 Å². The van der Waals surface area contributed by atoms with Crippen molar-refractivity contribution in [1.29, 1.82) is 0 Å². The molecule has 178 valence electrons. The second-order valence-corrected chi connectivity index (χ2v) is 8.83. The molecule has 1 aliphatic rings. The second kappa shape index (κ2) is 10.2. The molecule has 1 aliphatic heterocycles. The molecular formula is C23H29N3O6S. The highest BCUT2D eigenvalue weighted by Crippen LogP contribution is 2.46. The van der Waals surface area contributed by atoms with Gasteiger partial charge in [0.2, 0.25) is 5.75 Å². The van der Waals surface area contributed by atoms with Crippen LogP contribution in [0.1, 0.15) is 44.7 Å². The molecule has 2 aromatic rings. The molecule has 1 unspecified atom stereocenters. The van der Waals surface area contributed by atoms with Gasteiger partial charge in [-0.2, -0.15) is 0 Å². The third kappa shape index (κ3) is 4.80. The Morgan fingerprint density at radius 2 is 1.79 bits per heavy atom. The summed E-state index contributed by atoms with van der Waals surface area (Å²) in [4.78, 5) is 33.9. The van der Waals surface area contributed by atoms with Crippen molar-refractivity contribution < 1.29 is 23.7 Å². The quantitative estimate of drug-likeness (QED) is 0.335. The number of nitrogens with zero attached hydrogens (tertiary/aromatic N) is 1. The van der Waals surface area contributed by atoms with Crippen LogP contribution in [0.5, 0.6) is 17.2 Å². The monoisotopic (exact) mass is 475 g/mol. The topological polar surface area (TPSA) is 112 Å². The summed E-state index contributed by atoms with van der Waals surface area (Å²) in [6.07, 6.45) is -0.334. The van der Waals surface area contributed by atoms with Crippen molar-refractivity contribution in [2.75, 3.05) is 32.4 Å². The molecule has 0 fully saturated rings. The molecule has 0 saturated heterocycles. The van der Waals surface area contributed by atoms with E-state index in [0.717, 1.165) is 5.75 Å². The molecule has 33 heavy (non-hydrogen) atoms. The first kappa shape index (κ1) is 24.5. The number of allylic oxidation sites excluding steroid dienone is 1. The summed E-state index contributed by atoms with van der Waals surface area (Å²) in [5.74, 6) is 1.08. The lowest BCUT2D eigenvalue weighted by atomic mass is 9.82. The maximum atomic E-state index is 13.3. The van der Waals surface area contributed by atoms with Gasteiger partial charge in [-0.25, -0.2) is 9.78 Å². The van der Waals surface area contributed by atoms with E-state index in [-0.39, 0.29) is 11.7 Å². The zero-order valence-corrected chi connectivity index (χ0v) is 20.6. The molecule has 10 heteroatoms. The van der Waals surface area contributed by atoms with Gasteiger partial charge in [0.05, 0.1) is 44.5 Å². The zero-order valence-electron chi connectivity index (χ0n) is 19.8. The van der Waals surface area contributed by atoms with Gasteiger partial charge in [-0.1, -0.05) is 18.7 Å². The van der Waals surface area contributed by atoms with E-state index in [1.807, 2.05) is 6.92 Å². The minimum atomic E-state index is -0.766. The van der Waals surface area contributed by atoms with Crippen LogP contribution in [0.4, 0.5) is 5.82 Å². The first-order chi connectivity index (χ1) is 15.7. The Labute approximate surface area is 196 Å². The maximum Gasteiger partial charge on any atom is 0.337 e. The first-order valence-corrected chi connectivity index (χ1v) is 11.5. The van der Waals surface area contributed by atoms with Gasteiger partial charge in [-0.3, -0.25) is 4.79 Å². The summed E-state index contributed by atoms with van der Waals surface area (Å²) in [6.45, 7) is 7.28. The SMILES string of the molecule is CCSc1nc2c(c(=O)[nH]1)C(c1cc(OC)c(OC)c(OC)c1)C(C(=O)OC(C)C)=C(C)N2. The van der Waals surface area contributed by atoms with Gasteiger partial charge in [-0.15, -0.1) is 0 Å². The number of hydrogen-bond donors (Lipinski definition) is 2. The molecule has 1 atom stereocenters. The first-order valence-electron chi connectivity index (χ1n) is 10.5. The Morgan fingerprint density at radius 1 is 1.15 bits per heavy atom. The number of anilines is 1. The molecule has 3 rings (SSSR count). The normalized spacial score (nSPS) is 15.1. The molecule has 1 aromatic carbocycles. The Morgan fingerprint density at radius 3 is 2.30 bits per heavy atom. The van der Waals surface area contributed by atoms with Crippen LogP contribution in [0.2, 0.25) is 0 Å². The number of H-pyrrole nitrogens is 1. The number of thioether (sulfide) groups is 1. The van der Waals surface area contributed by atoms with Crippen LogP contribution in [-0.4, -0.2) is 49.1 Å². The van der Waals surface area contributed by atoms with Crippen LogP contribution in [0.15, 0.2) is 33.4 Å². The van der Waals surface area contributed by atoms with Crippen LogP contribution in [0.3, 0.4) is 0 Å². The standard InChI is InChI=1S/C23H29N3O6S/c1-8-33-23-25-20-18(21(27)26-23)17(16(12(4)24-20)22(28)32-11(2)3)13-9-14(29-5)19(31-7)15(10-13)30-6/h9-11,17H,8H2,1-7H3,(H2,24,25,26,27). The van der Waals surface area contributed by atoms with Crippen molar-refractivity contribution in [2.45, 2.75) is 44.9 Å². The highest BCUT2D eigenvalue weighted by Gasteiger charge is 2.37. The molecule has 9 nitrogen and oxygen atoms in total. The van der Waals surface area contributed by atoms with Crippen molar-refractivity contribution in [3.63, 3.8) is 0 Å². The number of methoxy groups -OCH3 is 3. The highest BCUT2D eigenvalue weighted by molar-refractivity contribution is 7.99. The summed E-state index contributed by atoms with van der Waals surface area (Å²) < 4.78 is 22.0. The molecular weight excluding hydrogens is 446 g/mol. The summed E-state index contributed by atoms with van der Waals surface area (Å²) in [6, 6.07) is 3.45. The fourth-order valence-electron chi connectivity index (χ4n) is 3.79. The van der Waals surface area contributed by atoms with E-state index >= 15 is 0 Å². The molecule has 2 N–H and O–H groups in total. The van der Waals surface area contributed by atoms with E-state index in [0.29, 0.717) is 50.6 Å². The maximum absolute atomic E-state index is 13.3. The smallest absolute Gasteiger partial charge is 0.337 e. The molecule has 0 bridgehead atoms. The number of carbonyl (C=O) groups excluding carboxylic acids is 1. The van der Waals surface area contributed by atoms with Crippen molar-refractivity contribution in [3.05, 3.63) is 44.9 Å². The summed E-state index contributed by atoms with van der Waals surface area (Å²) in [7, 11) is 4.53. The number of fused-ring (bicyclic) bond motifs is 1. The van der Waals surface area contributed by atoms with Crippen molar-refractivity contribution in [2.24, 2.45) is 0 Å². The van der Waals surface area contributed by atoms with Gasteiger partial charge < -0.3 is 29.2 Å². The van der Waals surface area contributed by atoms with E-state index in [1.165, 1.54) is 33.1 Å². The number of aromatic amines is 1. The van der Waals surface area contributed by atoms with Crippen LogP contribution in [0, 0.1) is 0 Å². The molecule has 0 aliphatic carbocycles. The molecule has 0 saturated carbocycles. The Balaban J connectivity index is 2.32. The molecule has 0 spiro atoms. The van der Waals surface area contributed by atoms with Gasteiger partial charge in [-0.05, 0) is 44.2 Å². The van der Waals surface area contributed by atoms with Gasteiger partial charge in [0.25, 0.3) is 5.56 Å². The molecule has 2 heterocycles. The number of benzene rings is 1. The third-order valence-corrected chi connectivity index (χ3v) is 5.84. The largest absolute Gasteiger partial charge is 0.493 e. The van der Waals surface area contributed by atoms with E-state index in [4.69, 9.17) is 18.9 Å². The highest BCUT2D eigenvalue weighted by atomic mass is 32.2. The van der Waals surface area contributed by atoms with Gasteiger partial charge >= 0.3 is 5.97 Å². The van der Waals surface area contributed by atoms with E-state index in [1.54, 1.807) is 32.9 Å². The number of aromatic nitrogens is 2. The molecule has 0 radical (unpaired) electrons. The number of esters is 1. The van der Waals surface area contributed by atoms with Crippen LogP contribution >= 0.6 is 11.8 Å². The lowest BCUT2D eigenvalue weighted by Crippen LogP contribution is -2.32. The van der Waals surface area contributed by atoms with Crippen LogP contribution in [-0.2, 0) is 9.53 Å². The Hall–Kier alpha value is -3.14. The number of carbonyl (C=O) groups is 1. The Bertz CT molecular complexity index is 1120. The fraction of sp³-hybridized carbons (Fsp3) is 0.435. The number of rotatable bonds is 8. The second-order valence-electron chi connectivity index (χ2n) is 7.58. The molecule has 1 aromatic heterocycles. The minimum Gasteiger partial charge on any atom is -0.493 e. The molecule has 0 amide bonds. The van der Waals surface area contributed by atoms with Gasteiger partial charge in [0.1, 0.15) is 5.82 Å². The fourth-order valence-corrected chi connectivity index (χ4v) is 4.38. The number of nitrogens with one attached hydrogen (secondary N) is 2. The minimum absolute atomic E-state index is 0.311. The Kier molecular flexibility index (Phi) is 7.57. The van der Waals surface area contributed by atoms with E-state index in [9.17, 15) is 9.59 Å². The summed E-state index contributed by atoms with van der Waals surface area (Å²) >= 11 is 1.42. The predicted octanol–water partition coefficient (Wildman–Crippen LogP) is 3.69. The van der Waals surface area contributed by atoms with Gasteiger partial charge in [0.15, 0.2) is 16.7 Å². The average Bonchev–Trinajstić information content (AvgIpc) is 2.76. The van der Waals surface area contributed by atoms with E-state index < -0.39 is 11.9 Å². The average molecular weight is 476 g/mol. The van der Waals surface area contributed by atoms with Crippen molar-refractivity contribution in [3.8, 4) is 17.2 Å². The number of hydrogen-bond acceptors (Lipinski definition) is 9. The van der Waals surface area contributed by atoms with Crippen LogP contribution < -0.4 is 25.1 Å². The van der Waals surface area contributed by atoms with Crippen molar-refractivity contribution >= 4 is 23.5 Å². The van der Waals surface area contributed by atoms with Crippen molar-refractivity contribution in [1.82, 2.24) is 9.97 Å². The zero-order chi connectivity index (χ0) is 24.3. The van der Waals surface area contributed by atoms with E-state index in [2.05, 4.69) is 15.3 Å². The summed E-state index contributed by atoms with van der Waals surface area (Å²) in [5.41, 5.74) is 1.44. The lowest BCUT2D eigenvalue weighted by molar-refractivity contribution is -0.143. The lowest BCUT2D eigenvalue weighted by Gasteiger charge is -2.30.